The Kier molecular flexibility index (Phi) is 2.66. The Balaban J connectivity index is 2.40. The Bertz CT molecular complexity index is 103. The molecule has 0 aromatic carbocycles. The summed E-state index contributed by atoms with van der Waals surface area (Å²) in [5, 5.41) is 3.04. The molecule has 1 aliphatic rings. The number of halogens is 1. The first-order chi connectivity index (χ1) is 4.72. The van der Waals surface area contributed by atoms with Crippen LogP contribution in [0.4, 0.5) is 4.39 Å². The van der Waals surface area contributed by atoms with E-state index in [1.165, 1.54) is 0 Å². The van der Waals surface area contributed by atoms with Crippen LogP contribution >= 0.6 is 0 Å². The predicted octanol–water partition coefficient (Wildman–Crippen LogP) is 1.59. The van der Waals surface area contributed by atoms with E-state index in [2.05, 4.69) is 19.2 Å². The van der Waals surface area contributed by atoms with Crippen molar-refractivity contribution in [2.24, 2.45) is 11.8 Å². The smallest absolute Gasteiger partial charge is 0.116 e. The SMILES string of the molecule is CC(C)[C@@H]1CCNC[C@H]1F. The molecule has 0 spiro atoms. The molecule has 1 nitrogen and oxygen atoms in total. The van der Waals surface area contributed by atoms with E-state index in [9.17, 15) is 4.39 Å². The molecule has 1 saturated heterocycles. The molecular weight excluding hydrogens is 129 g/mol. The van der Waals surface area contributed by atoms with E-state index < -0.39 is 6.17 Å². The van der Waals surface area contributed by atoms with Crippen molar-refractivity contribution in [2.75, 3.05) is 13.1 Å². The summed E-state index contributed by atoms with van der Waals surface area (Å²) in [5.41, 5.74) is 0. The van der Waals surface area contributed by atoms with Gasteiger partial charge in [-0.15, -0.1) is 0 Å². The molecule has 0 aliphatic carbocycles. The molecule has 1 fully saturated rings. The van der Waals surface area contributed by atoms with Gasteiger partial charge in [0.2, 0.25) is 0 Å². The summed E-state index contributed by atoms with van der Waals surface area (Å²) >= 11 is 0. The van der Waals surface area contributed by atoms with Crippen molar-refractivity contribution in [3.63, 3.8) is 0 Å². The van der Waals surface area contributed by atoms with Crippen molar-refractivity contribution in [3.05, 3.63) is 0 Å². The lowest BCUT2D eigenvalue weighted by Gasteiger charge is -2.29. The number of rotatable bonds is 1. The van der Waals surface area contributed by atoms with Crippen LogP contribution in [0.25, 0.3) is 0 Å². The standard InChI is InChI=1S/C8H16FN/c1-6(2)7-3-4-10-5-8(7)9/h6-8,10H,3-5H2,1-2H3/t7-,8+/m0/s1. The fourth-order valence-electron chi connectivity index (χ4n) is 1.59. The molecule has 2 heteroatoms. The fraction of sp³-hybridized carbons (Fsp3) is 1.00. The van der Waals surface area contributed by atoms with E-state index in [-0.39, 0.29) is 0 Å². The molecule has 10 heavy (non-hydrogen) atoms. The van der Waals surface area contributed by atoms with Crippen LogP contribution in [0.1, 0.15) is 20.3 Å². The Morgan fingerprint density at radius 3 is 2.60 bits per heavy atom. The number of piperidine rings is 1. The highest BCUT2D eigenvalue weighted by Gasteiger charge is 2.26. The molecular formula is C8H16FN. The minimum Gasteiger partial charge on any atom is -0.314 e. The van der Waals surface area contributed by atoms with Gasteiger partial charge in [0.15, 0.2) is 0 Å². The van der Waals surface area contributed by atoms with Crippen molar-refractivity contribution < 1.29 is 4.39 Å². The quantitative estimate of drug-likeness (QED) is 0.591. The highest BCUT2D eigenvalue weighted by atomic mass is 19.1. The number of hydrogen-bond acceptors (Lipinski definition) is 1. The van der Waals surface area contributed by atoms with Crippen molar-refractivity contribution in [1.29, 1.82) is 0 Å². The van der Waals surface area contributed by atoms with E-state index in [4.69, 9.17) is 0 Å². The van der Waals surface area contributed by atoms with E-state index in [0.717, 1.165) is 13.0 Å². The second kappa shape index (κ2) is 3.33. The van der Waals surface area contributed by atoms with Gasteiger partial charge in [0.05, 0.1) is 0 Å². The van der Waals surface area contributed by atoms with E-state index in [1.807, 2.05) is 0 Å². The summed E-state index contributed by atoms with van der Waals surface area (Å²) in [5.74, 6) is 0.790. The number of hydrogen-bond donors (Lipinski definition) is 1. The van der Waals surface area contributed by atoms with E-state index in [0.29, 0.717) is 18.4 Å². The topological polar surface area (TPSA) is 12.0 Å². The summed E-state index contributed by atoms with van der Waals surface area (Å²) < 4.78 is 13.0. The van der Waals surface area contributed by atoms with Crippen molar-refractivity contribution in [2.45, 2.75) is 26.4 Å². The van der Waals surface area contributed by atoms with Gasteiger partial charge in [-0.05, 0) is 24.8 Å². The summed E-state index contributed by atoms with van der Waals surface area (Å²) in [6.07, 6.45) is 0.382. The maximum absolute atomic E-state index is 13.0. The molecule has 1 aliphatic heterocycles. The molecule has 0 radical (unpaired) electrons. The van der Waals surface area contributed by atoms with Gasteiger partial charge in [-0.25, -0.2) is 4.39 Å². The van der Waals surface area contributed by atoms with Crippen LogP contribution in [-0.2, 0) is 0 Å². The molecule has 2 atom stereocenters. The monoisotopic (exact) mass is 145 g/mol. The van der Waals surface area contributed by atoms with Crippen LogP contribution in [0.15, 0.2) is 0 Å². The largest absolute Gasteiger partial charge is 0.314 e. The van der Waals surface area contributed by atoms with Crippen LogP contribution in [0, 0.1) is 11.8 Å². The molecule has 0 saturated carbocycles. The average molecular weight is 145 g/mol. The molecule has 1 N–H and O–H groups in total. The highest BCUT2D eigenvalue weighted by molar-refractivity contribution is 4.79. The Morgan fingerprint density at radius 1 is 1.50 bits per heavy atom. The summed E-state index contributed by atoms with van der Waals surface area (Å²) in [4.78, 5) is 0. The van der Waals surface area contributed by atoms with Gasteiger partial charge in [-0.1, -0.05) is 13.8 Å². The highest BCUT2D eigenvalue weighted by Crippen LogP contribution is 2.23. The zero-order chi connectivity index (χ0) is 7.56. The zero-order valence-electron chi connectivity index (χ0n) is 6.73. The average Bonchev–Trinajstić information content (AvgIpc) is 1.88. The molecule has 0 bridgehead atoms. The third-order valence-electron chi connectivity index (χ3n) is 2.31. The van der Waals surface area contributed by atoms with Gasteiger partial charge in [-0.2, -0.15) is 0 Å². The molecule has 1 heterocycles. The lowest BCUT2D eigenvalue weighted by atomic mass is 9.86. The second-order valence-electron chi connectivity index (χ2n) is 3.42. The summed E-state index contributed by atoms with van der Waals surface area (Å²) in [6, 6.07) is 0. The van der Waals surface area contributed by atoms with Crippen LogP contribution in [-0.4, -0.2) is 19.3 Å². The minimum absolute atomic E-state index is 0.293. The van der Waals surface area contributed by atoms with Gasteiger partial charge < -0.3 is 5.32 Å². The van der Waals surface area contributed by atoms with E-state index >= 15 is 0 Å². The van der Waals surface area contributed by atoms with E-state index in [1.54, 1.807) is 0 Å². The first kappa shape index (κ1) is 7.99. The van der Waals surface area contributed by atoms with Crippen molar-refractivity contribution >= 4 is 0 Å². The molecule has 0 unspecified atom stereocenters. The minimum atomic E-state index is -0.617. The van der Waals surface area contributed by atoms with Gasteiger partial charge in [0, 0.05) is 6.54 Å². The third kappa shape index (κ3) is 1.69. The van der Waals surface area contributed by atoms with Gasteiger partial charge >= 0.3 is 0 Å². The zero-order valence-corrected chi connectivity index (χ0v) is 6.73. The molecule has 60 valence electrons. The number of alkyl halides is 1. The first-order valence-electron chi connectivity index (χ1n) is 4.06. The number of nitrogens with one attached hydrogen (secondary N) is 1. The molecule has 0 aromatic heterocycles. The second-order valence-corrected chi connectivity index (χ2v) is 3.42. The third-order valence-corrected chi connectivity index (χ3v) is 2.31. The molecule has 0 aromatic rings. The Morgan fingerprint density at radius 2 is 2.20 bits per heavy atom. The first-order valence-corrected chi connectivity index (χ1v) is 4.06. The summed E-state index contributed by atoms with van der Waals surface area (Å²) in [7, 11) is 0. The Hall–Kier alpha value is -0.110. The molecule has 0 amide bonds. The molecule has 1 rings (SSSR count). The van der Waals surface area contributed by atoms with Crippen molar-refractivity contribution in [1.82, 2.24) is 5.32 Å². The normalized spacial score (nSPS) is 34.8. The van der Waals surface area contributed by atoms with Gasteiger partial charge in [0.25, 0.3) is 0 Å². The maximum Gasteiger partial charge on any atom is 0.116 e. The Labute approximate surface area is 62.0 Å². The van der Waals surface area contributed by atoms with Gasteiger partial charge in [0.1, 0.15) is 6.17 Å². The fourth-order valence-corrected chi connectivity index (χ4v) is 1.59. The van der Waals surface area contributed by atoms with Crippen LogP contribution in [0.3, 0.4) is 0 Å². The summed E-state index contributed by atoms with van der Waals surface area (Å²) in [6.45, 7) is 5.75. The van der Waals surface area contributed by atoms with Crippen LogP contribution in [0.5, 0.6) is 0 Å². The van der Waals surface area contributed by atoms with Crippen molar-refractivity contribution in [3.8, 4) is 0 Å². The van der Waals surface area contributed by atoms with Crippen LogP contribution in [0.2, 0.25) is 0 Å². The lowest BCUT2D eigenvalue weighted by Crippen LogP contribution is -2.40. The maximum atomic E-state index is 13.0. The van der Waals surface area contributed by atoms with Gasteiger partial charge in [-0.3, -0.25) is 0 Å². The lowest BCUT2D eigenvalue weighted by molar-refractivity contribution is 0.140. The predicted molar refractivity (Wildman–Crippen MR) is 40.7 cm³/mol. The van der Waals surface area contributed by atoms with Crippen LogP contribution < -0.4 is 5.32 Å².